The van der Waals surface area contributed by atoms with Crippen molar-refractivity contribution in [2.24, 2.45) is 0 Å². The van der Waals surface area contributed by atoms with E-state index in [2.05, 4.69) is 11.9 Å². The van der Waals surface area contributed by atoms with Crippen molar-refractivity contribution >= 4 is 0 Å². The summed E-state index contributed by atoms with van der Waals surface area (Å²) in [4.78, 5) is 2.47. The van der Waals surface area contributed by atoms with E-state index in [1.165, 1.54) is 19.3 Å². The lowest BCUT2D eigenvalue weighted by Gasteiger charge is -2.51. The normalized spacial score (nSPS) is 23.8. The molecule has 2 rings (SSSR count). The van der Waals surface area contributed by atoms with E-state index in [1.807, 2.05) is 27.7 Å². The lowest BCUT2D eigenvalue weighted by Crippen LogP contribution is -2.59. The molecule has 1 spiro atoms. The van der Waals surface area contributed by atoms with Crippen LogP contribution in [0.5, 0.6) is 0 Å². The van der Waals surface area contributed by atoms with Gasteiger partial charge in [-0.2, -0.15) is 0 Å². The molecule has 0 N–H and O–H groups in total. The third-order valence-electron chi connectivity index (χ3n) is 3.04. The molecule has 0 unspecified atom stereocenters. The zero-order valence-electron chi connectivity index (χ0n) is 10.6. The molecule has 1 saturated carbocycles. The number of ether oxygens (including phenoxy) is 1. The summed E-state index contributed by atoms with van der Waals surface area (Å²) < 4.78 is 5.46. The van der Waals surface area contributed by atoms with E-state index in [0.29, 0.717) is 5.54 Å². The number of rotatable bonds is 0. The second-order valence-electron chi connectivity index (χ2n) is 3.55. The second kappa shape index (κ2) is 7.24. The molecule has 14 heavy (non-hydrogen) atoms. The summed E-state index contributed by atoms with van der Waals surface area (Å²) in [5.41, 5.74) is 0.470. The van der Waals surface area contributed by atoms with Crippen LogP contribution in [0.2, 0.25) is 0 Å². The van der Waals surface area contributed by atoms with Gasteiger partial charge < -0.3 is 4.74 Å². The van der Waals surface area contributed by atoms with Crippen LogP contribution >= 0.6 is 0 Å². The van der Waals surface area contributed by atoms with Gasteiger partial charge in [-0.05, 0) is 26.3 Å². The van der Waals surface area contributed by atoms with Gasteiger partial charge in [0.2, 0.25) is 0 Å². The van der Waals surface area contributed by atoms with Crippen molar-refractivity contribution in [2.45, 2.75) is 52.5 Å². The first kappa shape index (κ1) is 13.9. The highest BCUT2D eigenvalue weighted by molar-refractivity contribution is 4.98. The summed E-state index contributed by atoms with van der Waals surface area (Å²) in [5.74, 6) is 0. The molecule has 0 aromatic rings. The number of nitrogens with zero attached hydrogens (tertiary/aromatic N) is 1. The van der Waals surface area contributed by atoms with Gasteiger partial charge in [0, 0.05) is 12.1 Å². The fourth-order valence-electron chi connectivity index (χ4n) is 1.92. The molecule has 2 fully saturated rings. The monoisotopic (exact) mass is 201 g/mol. The molecule has 0 radical (unpaired) electrons. The molecule has 0 atom stereocenters. The molecule has 0 amide bonds. The highest BCUT2D eigenvalue weighted by Gasteiger charge is 2.42. The minimum absolute atomic E-state index is 0.470. The van der Waals surface area contributed by atoms with Crippen LogP contribution in [0.25, 0.3) is 0 Å². The molecule has 1 aliphatic heterocycles. The molecule has 2 heteroatoms. The first-order valence-corrected chi connectivity index (χ1v) is 6.13. The summed E-state index contributed by atoms with van der Waals surface area (Å²) in [7, 11) is 2.22. The third-order valence-corrected chi connectivity index (χ3v) is 3.04. The van der Waals surface area contributed by atoms with Crippen molar-refractivity contribution in [3.8, 4) is 0 Å². The Hall–Kier alpha value is -0.0800. The van der Waals surface area contributed by atoms with Gasteiger partial charge in [-0.3, -0.25) is 4.90 Å². The molecule has 1 saturated heterocycles. The van der Waals surface area contributed by atoms with Crippen LogP contribution < -0.4 is 0 Å². The third kappa shape index (κ3) is 2.96. The largest absolute Gasteiger partial charge is 0.378 e. The average Bonchev–Trinajstić information content (AvgIpc) is 2.22. The molecule has 1 aliphatic carbocycles. The van der Waals surface area contributed by atoms with Crippen LogP contribution in [0.1, 0.15) is 47.0 Å². The van der Waals surface area contributed by atoms with Crippen molar-refractivity contribution in [2.75, 3.05) is 26.8 Å². The van der Waals surface area contributed by atoms with Crippen molar-refractivity contribution in [1.29, 1.82) is 0 Å². The van der Waals surface area contributed by atoms with Gasteiger partial charge in [-0.15, -0.1) is 0 Å². The van der Waals surface area contributed by atoms with Crippen molar-refractivity contribution < 1.29 is 4.74 Å². The maximum absolute atomic E-state index is 5.46. The van der Waals surface area contributed by atoms with Crippen LogP contribution in [-0.2, 0) is 4.74 Å². The maximum Gasteiger partial charge on any atom is 0.0650 e. The van der Waals surface area contributed by atoms with E-state index in [1.54, 1.807) is 0 Å². The predicted octanol–water partition coefficient (Wildman–Crippen LogP) is 2.92. The maximum atomic E-state index is 5.46. The summed E-state index contributed by atoms with van der Waals surface area (Å²) in [6.07, 6.45) is 4.10. The Balaban J connectivity index is 0.000000379. The smallest absolute Gasteiger partial charge is 0.0650 e. The number of hydrogen-bond acceptors (Lipinski definition) is 2. The molecule has 2 aliphatic rings. The fourth-order valence-corrected chi connectivity index (χ4v) is 1.92. The van der Waals surface area contributed by atoms with E-state index in [0.717, 1.165) is 19.8 Å². The van der Waals surface area contributed by atoms with E-state index in [-0.39, 0.29) is 0 Å². The summed E-state index contributed by atoms with van der Waals surface area (Å²) >= 11 is 0. The quantitative estimate of drug-likeness (QED) is 0.597. The molecule has 1 heterocycles. The topological polar surface area (TPSA) is 12.5 Å². The Labute approximate surface area is 89.6 Å². The molecule has 86 valence electrons. The number of likely N-dealkylation sites (N-methyl/N-ethyl adjacent to an activating group) is 1. The Morgan fingerprint density at radius 3 is 1.93 bits per heavy atom. The van der Waals surface area contributed by atoms with Crippen LogP contribution in [0.15, 0.2) is 0 Å². The van der Waals surface area contributed by atoms with E-state index >= 15 is 0 Å². The predicted molar refractivity (Wildman–Crippen MR) is 62.7 cm³/mol. The van der Waals surface area contributed by atoms with Gasteiger partial charge in [0.1, 0.15) is 0 Å². The Morgan fingerprint density at radius 1 is 1.07 bits per heavy atom. The Morgan fingerprint density at radius 2 is 1.64 bits per heavy atom. The van der Waals surface area contributed by atoms with Gasteiger partial charge in [-0.1, -0.05) is 27.7 Å². The van der Waals surface area contributed by atoms with Crippen LogP contribution in [0, 0.1) is 0 Å². The Bertz CT molecular complexity index is 132. The van der Waals surface area contributed by atoms with Crippen molar-refractivity contribution in [3.05, 3.63) is 0 Å². The summed E-state index contributed by atoms with van der Waals surface area (Å²) in [5, 5.41) is 0. The lowest BCUT2D eigenvalue weighted by atomic mass is 9.75. The molecule has 0 aromatic heterocycles. The highest BCUT2D eigenvalue weighted by atomic mass is 16.5. The van der Waals surface area contributed by atoms with Crippen LogP contribution in [-0.4, -0.2) is 37.2 Å². The minimum atomic E-state index is 0.470. The van der Waals surface area contributed by atoms with Crippen LogP contribution in [0.4, 0.5) is 0 Å². The molecular weight excluding hydrogens is 174 g/mol. The van der Waals surface area contributed by atoms with Crippen LogP contribution in [0.3, 0.4) is 0 Å². The SMILES string of the molecule is CC.CC.CN1CCOCC12CCC2. The van der Waals surface area contributed by atoms with Crippen molar-refractivity contribution in [3.63, 3.8) is 0 Å². The summed E-state index contributed by atoms with van der Waals surface area (Å²) in [6, 6.07) is 0. The standard InChI is InChI=1S/C8H15NO.2C2H6/c1-9-5-6-10-7-8(9)3-2-4-8;2*1-2/h2-7H2,1H3;2*1-2H3. The van der Waals surface area contributed by atoms with E-state index in [9.17, 15) is 0 Å². The summed E-state index contributed by atoms with van der Waals surface area (Å²) in [6.45, 7) is 11.0. The fraction of sp³-hybridized carbons (Fsp3) is 1.00. The first-order valence-electron chi connectivity index (χ1n) is 6.13. The van der Waals surface area contributed by atoms with Gasteiger partial charge in [-0.25, -0.2) is 0 Å². The van der Waals surface area contributed by atoms with Gasteiger partial charge in [0.05, 0.1) is 13.2 Å². The van der Waals surface area contributed by atoms with E-state index < -0.39 is 0 Å². The first-order chi connectivity index (χ1) is 6.83. The molecule has 0 bridgehead atoms. The zero-order chi connectivity index (χ0) is 11.0. The zero-order valence-corrected chi connectivity index (χ0v) is 10.6. The highest BCUT2D eigenvalue weighted by Crippen LogP contribution is 2.38. The minimum Gasteiger partial charge on any atom is -0.378 e. The molecule has 0 aromatic carbocycles. The lowest BCUT2D eigenvalue weighted by molar-refractivity contribution is -0.0941. The molecule has 2 nitrogen and oxygen atoms in total. The Kier molecular flexibility index (Phi) is 7.20. The second-order valence-corrected chi connectivity index (χ2v) is 3.55. The number of morpholine rings is 1. The van der Waals surface area contributed by atoms with Gasteiger partial charge >= 0.3 is 0 Å². The van der Waals surface area contributed by atoms with Crippen molar-refractivity contribution in [1.82, 2.24) is 4.90 Å². The average molecular weight is 201 g/mol. The van der Waals surface area contributed by atoms with Gasteiger partial charge in [0.25, 0.3) is 0 Å². The molecular formula is C12H27NO. The number of hydrogen-bond donors (Lipinski definition) is 0. The van der Waals surface area contributed by atoms with Gasteiger partial charge in [0.15, 0.2) is 0 Å². The van der Waals surface area contributed by atoms with E-state index in [4.69, 9.17) is 4.74 Å².